The molecule has 4 fully saturated rings. The van der Waals surface area contributed by atoms with Crippen molar-refractivity contribution in [2.45, 2.75) is 45.1 Å². The predicted octanol–water partition coefficient (Wildman–Crippen LogP) is 3.35. The van der Waals surface area contributed by atoms with Crippen molar-refractivity contribution in [1.82, 2.24) is 9.80 Å². The van der Waals surface area contributed by atoms with Gasteiger partial charge in [0.25, 0.3) is 5.91 Å². The van der Waals surface area contributed by atoms with Gasteiger partial charge in [0, 0.05) is 38.6 Å². The molecule has 1 aromatic heterocycles. The molecular weight excluding hydrogens is 380 g/mol. The van der Waals surface area contributed by atoms with Gasteiger partial charge in [-0.15, -0.1) is 0 Å². The molecule has 6 nitrogen and oxygen atoms in total. The number of amides is 1. The van der Waals surface area contributed by atoms with Gasteiger partial charge in [0.15, 0.2) is 5.76 Å². The highest BCUT2D eigenvalue weighted by Gasteiger charge is 2.55. The number of esters is 1. The lowest BCUT2D eigenvalue weighted by Gasteiger charge is -2.50. The van der Waals surface area contributed by atoms with E-state index in [1.54, 1.807) is 12.1 Å². The first-order valence-electron chi connectivity index (χ1n) is 11.4. The van der Waals surface area contributed by atoms with Crippen molar-refractivity contribution in [3.05, 3.63) is 36.3 Å². The Labute approximate surface area is 178 Å². The van der Waals surface area contributed by atoms with Gasteiger partial charge in [-0.2, -0.15) is 0 Å². The highest BCUT2D eigenvalue weighted by Crippen LogP contribution is 2.56. The van der Waals surface area contributed by atoms with Crippen molar-refractivity contribution in [1.29, 1.82) is 0 Å². The topological polar surface area (TPSA) is 63.0 Å². The van der Waals surface area contributed by atoms with Gasteiger partial charge in [0.1, 0.15) is 6.10 Å². The summed E-state index contributed by atoms with van der Waals surface area (Å²) in [5, 5.41) is 0. The molecule has 30 heavy (non-hydrogen) atoms. The Morgan fingerprint density at radius 1 is 1.30 bits per heavy atom. The second kappa shape index (κ2) is 7.56. The summed E-state index contributed by atoms with van der Waals surface area (Å²) in [6.07, 6.45) is 7.17. The number of rotatable bonds is 3. The van der Waals surface area contributed by atoms with Crippen LogP contribution < -0.4 is 0 Å². The number of ether oxygens (including phenoxy) is 1. The molecule has 2 saturated heterocycles. The first-order valence-corrected chi connectivity index (χ1v) is 11.4. The SMILES string of the molecule is C=C1CCC[C@]2(C)C[C@H]3OC(=O)[C@@H](CN4CCN(C(=O)c5ccco5)CC4)[C@H]3C[C@@H]12. The molecule has 4 aliphatic rings. The third kappa shape index (κ3) is 3.39. The normalized spacial score (nSPS) is 36.9. The summed E-state index contributed by atoms with van der Waals surface area (Å²) in [7, 11) is 0. The van der Waals surface area contributed by atoms with E-state index in [-0.39, 0.29) is 29.3 Å². The van der Waals surface area contributed by atoms with E-state index >= 15 is 0 Å². The fourth-order valence-corrected chi connectivity index (χ4v) is 6.43. The molecule has 1 amide bonds. The Kier molecular flexibility index (Phi) is 5.00. The fraction of sp³-hybridized carbons (Fsp3) is 0.667. The minimum absolute atomic E-state index is 0.0213. The van der Waals surface area contributed by atoms with Crippen LogP contribution in [0.25, 0.3) is 0 Å². The van der Waals surface area contributed by atoms with Crippen LogP contribution in [0, 0.1) is 23.2 Å². The predicted molar refractivity (Wildman–Crippen MR) is 112 cm³/mol. The molecule has 0 spiro atoms. The molecule has 1 aromatic rings. The van der Waals surface area contributed by atoms with Crippen LogP contribution in [0.1, 0.15) is 49.6 Å². The molecule has 0 radical (unpaired) electrons. The van der Waals surface area contributed by atoms with Crippen molar-refractivity contribution in [3.8, 4) is 0 Å². The molecule has 0 unspecified atom stereocenters. The van der Waals surface area contributed by atoms with Crippen molar-refractivity contribution in [2.75, 3.05) is 32.7 Å². The van der Waals surface area contributed by atoms with Gasteiger partial charge in [-0.05, 0) is 55.6 Å². The Bertz CT molecular complexity index is 826. The highest BCUT2D eigenvalue weighted by molar-refractivity contribution is 5.91. The molecule has 5 rings (SSSR count). The summed E-state index contributed by atoms with van der Waals surface area (Å²) in [5.41, 5.74) is 1.62. The van der Waals surface area contributed by atoms with Crippen LogP contribution in [0.15, 0.2) is 35.0 Å². The van der Waals surface area contributed by atoms with Crippen molar-refractivity contribution in [2.24, 2.45) is 23.2 Å². The number of piperazine rings is 1. The lowest BCUT2D eigenvalue weighted by atomic mass is 9.55. The van der Waals surface area contributed by atoms with Gasteiger partial charge >= 0.3 is 5.97 Å². The van der Waals surface area contributed by atoms with Crippen molar-refractivity contribution < 1.29 is 18.7 Å². The zero-order valence-corrected chi connectivity index (χ0v) is 17.8. The van der Waals surface area contributed by atoms with Gasteiger partial charge in [-0.3, -0.25) is 14.5 Å². The van der Waals surface area contributed by atoms with Crippen LogP contribution in [0.2, 0.25) is 0 Å². The lowest BCUT2D eigenvalue weighted by molar-refractivity contribution is -0.146. The molecule has 0 N–H and O–H groups in total. The maximum Gasteiger partial charge on any atom is 0.310 e. The van der Waals surface area contributed by atoms with E-state index in [2.05, 4.69) is 18.4 Å². The Balaban J connectivity index is 1.21. The minimum Gasteiger partial charge on any atom is -0.462 e. The fourth-order valence-electron chi connectivity index (χ4n) is 6.43. The van der Waals surface area contributed by atoms with Gasteiger partial charge in [0.2, 0.25) is 0 Å². The summed E-state index contributed by atoms with van der Waals surface area (Å²) in [4.78, 5) is 29.4. The lowest BCUT2D eigenvalue weighted by Crippen LogP contribution is -2.51. The Morgan fingerprint density at radius 2 is 2.10 bits per heavy atom. The van der Waals surface area contributed by atoms with E-state index in [1.807, 2.05) is 4.90 Å². The van der Waals surface area contributed by atoms with E-state index in [0.717, 1.165) is 38.9 Å². The maximum absolute atomic E-state index is 12.8. The highest BCUT2D eigenvalue weighted by atomic mass is 16.6. The smallest absolute Gasteiger partial charge is 0.310 e. The molecule has 5 atom stereocenters. The third-order valence-electron chi connectivity index (χ3n) is 8.17. The van der Waals surface area contributed by atoms with E-state index in [9.17, 15) is 9.59 Å². The van der Waals surface area contributed by atoms with Gasteiger partial charge in [-0.1, -0.05) is 19.1 Å². The summed E-state index contributed by atoms with van der Waals surface area (Å²) < 4.78 is 11.1. The average molecular weight is 413 g/mol. The van der Waals surface area contributed by atoms with Crippen LogP contribution >= 0.6 is 0 Å². The van der Waals surface area contributed by atoms with Crippen molar-refractivity contribution >= 4 is 11.9 Å². The van der Waals surface area contributed by atoms with Crippen LogP contribution in [-0.4, -0.2) is 60.5 Å². The number of nitrogens with zero attached hydrogens (tertiary/aromatic N) is 2. The molecule has 0 bridgehead atoms. The van der Waals surface area contributed by atoms with E-state index in [4.69, 9.17) is 9.15 Å². The monoisotopic (exact) mass is 412 g/mol. The van der Waals surface area contributed by atoms with Gasteiger partial charge < -0.3 is 14.1 Å². The first-order chi connectivity index (χ1) is 14.4. The molecule has 6 heteroatoms. The zero-order chi connectivity index (χ0) is 20.9. The summed E-state index contributed by atoms with van der Waals surface area (Å²) >= 11 is 0. The Hall–Kier alpha value is -2.08. The molecule has 3 heterocycles. The number of hydrogen-bond donors (Lipinski definition) is 0. The van der Waals surface area contributed by atoms with Crippen molar-refractivity contribution in [3.63, 3.8) is 0 Å². The second-order valence-electron chi connectivity index (χ2n) is 9.97. The number of carbonyl (C=O) groups is 2. The number of allylic oxidation sites excluding steroid dienone is 1. The first kappa shape index (κ1) is 19.9. The van der Waals surface area contributed by atoms with Crippen LogP contribution in [0.5, 0.6) is 0 Å². The molecular formula is C24H32N2O4. The van der Waals surface area contributed by atoms with Crippen LogP contribution in [0.3, 0.4) is 0 Å². The van der Waals surface area contributed by atoms with E-state index in [1.165, 1.54) is 24.7 Å². The number of fused-ring (bicyclic) bond motifs is 2. The van der Waals surface area contributed by atoms with Crippen LogP contribution in [-0.2, 0) is 9.53 Å². The van der Waals surface area contributed by atoms with Gasteiger partial charge in [-0.25, -0.2) is 0 Å². The number of carbonyl (C=O) groups excluding carboxylic acids is 2. The van der Waals surface area contributed by atoms with Gasteiger partial charge in [0.05, 0.1) is 12.2 Å². The van der Waals surface area contributed by atoms with Crippen LogP contribution in [0.4, 0.5) is 0 Å². The molecule has 2 aliphatic heterocycles. The summed E-state index contributed by atoms with van der Waals surface area (Å²) in [5.74, 6) is 1.08. The average Bonchev–Trinajstić information content (AvgIpc) is 3.35. The zero-order valence-electron chi connectivity index (χ0n) is 17.8. The standard InChI is InChI=1S/C24H32N2O4/c1-16-5-3-7-24(2)14-21-17(13-19(16)24)18(23(28)30-21)15-25-8-10-26(11-9-25)22(27)20-6-4-12-29-20/h4,6,12,17-19,21H,1,3,5,7-11,13-15H2,2H3/t17-,18+,19+,21-,24-/m1/s1. The molecule has 2 saturated carbocycles. The molecule has 0 aromatic carbocycles. The Morgan fingerprint density at radius 3 is 2.83 bits per heavy atom. The third-order valence-corrected chi connectivity index (χ3v) is 8.17. The second-order valence-corrected chi connectivity index (χ2v) is 9.97. The number of hydrogen-bond acceptors (Lipinski definition) is 5. The summed E-state index contributed by atoms with van der Waals surface area (Å²) in [6.45, 7) is 10.4. The number of furan rings is 1. The maximum atomic E-state index is 12.8. The largest absolute Gasteiger partial charge is 0.462 e. The van der Waals surface area contributed by atoms with E-state index < -0.39 is 0 Å². The summed E-state index contributed by atoms with van der Waals surface area (Å²) in [6, 6.07) is 3.45. The molecule has 162 valence electrons. The quantitative estimate of drug-likeness (QED) is 0.563. The van der Waals surface area contributed by atoms with E-state index in [0.29, 0.717) is 30.7 Å². The minimum atomic E-state index is -0.0541. The molecule has 2 aliphatic carbocycles.